The molecule has 1 aliphatic rings. The van der Waals surface area contributed by atoms with Crippen LogP contribution in [-0.2, 0) is 14.3 Å². The predicted octanol–water partition coefficient (Wildman–Crippen LogP) is 0.919. The summed E-state index contributed by atoms with van der Waals surface area (Å²) in [6.07, 6.45) is 1.15. The third-order valence-electron chi connectivity index (χ3n) is 3.33. The molecule has 1 unspecified atom stereocenters. The average Bonchev–Trinajstić information content (AvgIpc) is 2.73. The van der Waals surface area contributed by atoms with E-state index < -0.39 is 0 Å². The van der Waals surface area contributed by atoms with Gasteiger partial charge in [0.2, 0.25) is 0 Å². The van der Waals surface area contributed by atoms with Crippen LogP contribution in [0.25, 0.3) is 0 Å². The van der Waals surface area contributed by atoms with Gasteiger partial charge in [-0.25, -0.2) is 0 Å². The van der Waals surface area contributed by atoms with Crippen LogP contribution in [0.4, 0.5) is 0 Å². The molecule has 0 aromatic carbocycles. The maximum atomic E-state index is 11.6. The lowest BCUT2D eigenvalue weighted by Crippen LogP contribution is -2.42. The first-order valence-corrected chi connectivity index (χ1v) is 6.67. The molecule has 0 aliphatic carbocycles. The zero-order valence-corrected chi connectivity index (χ0v) is 13.1. The number of carbonyl (C=O) groups is 1. The summed E-state index contributed by atoms with van der Waals surface area (Å²) in [6.45, 7) is 9.28. The molecule has 0 bridgehead atoms. The van der Waals surface area contributed by atoms with E-state index >= 15 is 0 Å². The van der Waals surface area contributed by atoms with Crippen LogP contribution < -0.4 is 5.32 Å². The Hall–Kier alpha value is -0.360. The molecule has 1 fully saturated rings. The number of carbonyl (C=O) groups excluding carboxylic acids is 1. The normalized spacial score (nSPS) is 22.3. The van der Waals surface area contributed by atoms with Crippen molar-refractivity contribution < 1.29 is 14.3 Å². The second-order valence-electron chi connectivity index (χ2n) is 5.25. The van der Waals surface area contributed by atoms with Crippen molar-refractivity contribution in [2.24, 2.45) is 5.41 Å². The largest absolute Gasteiger partial charge is 0.465 e. The monoisotopic (exact) mass is 294 g/mol. The van der Waals surface area contributed by atoms with Gasteiger partial charge in [-0.1, -0.05) is 6.92 Å². The summed E-state index contributed by atoms with van der Waals surface area (Å²) >= 11 is 0. The summed E-state index contributed by atoms with van der Waals surface area (Å²) in [6, 6.07) is 0. The lowest BCUT2D eigenvalue weighted by molar-refractivity contribution is -0.144. The Balaban J connectivity index is 0.00000324. The predicted molar refractivity (Wildman–Crippen MR) is 77.8 cm³/mol. The van der Waals surface area contributed by atoms with E-state index in [1.54, 1.807) is 7.11 Å². The van der Waals surface area contributed by atoms with Gasteiger partial charge in [0.05, 0.1) is 19.8 Å². The van der Waals surface area contributed by atoms with Gasteiger partial charge in [0.25, 0.3) is 0 Å². The highest BCUT2D eigenvalue weighted by molar-refractivity contribution is 5.85. The number of hydrogen-bond donors (Lipinski definition) is 1. The first kappa shape index (κ1) is 18.6. The van der Waals surface area contributed by atoms with Crippen molar-refractivity contribution in [3.05, 3.63) is 0 Å². The Labute approximate surface area is 122 Å². The fourth-order valence-electron chi connectivity index (χ4n) is 2.37. The quantitative estimate of drug-likeness (QED) is 0.675. The second kappa shape index (κ2) is 9.53. The topological polar surface area (TPSA) is 50.8 Å². The van der Waals surface area contributed by atoms with Crippen molar-refractivity contribution in [2.45, 2.75) is 20.3 Å². The summed E-state index contributed by atoms with van der Waals surface area (Å²) < 4.78 is 10.1. The lowest BCUT2D eigenvalue weighted by Gasteiger charge is -2.31. The Bertz CT molecular complexity index is 258. The molecular formula is C13H27ClN2O3. The number of nitrogens with one attached hydrogen (secondary N) is 1. The molecule has 0 spiro atoms. The van der Waals surface area contributed by atoms with Crippen LogP contribution in [0, 0.1) is 5.41 Å². The third kappa shape index (κ3) is 7.11. The molecule has 6 heteroatoms. The molecule has 0 aromatic heterocycles. The molecule has 1 heterocycles. The molecule has 0 amide bonds. The summed E-state index contributed by atoms with van der Waals surface area (Å²) in [4.78, 5) is 13.7. The van der Waals surface area contributed by atoms with Crippen molar-refractivity contribution in [2.75, 3.05) is 53.0 Å². The number of halogens is 1. The molecule has 0 saturated carbocycles. The van der Waals surface area contributed by atoms with Crippen molar-refractivity contribution in [3.8, 4) is 0 Å². The van der Waals surface area contributed by atoms with E-state index in [4.69, 9.17) is 9.47 Å². The van der Waals surface area contributed by atoms with Crippen LogP contribution >= 0.6 is 12.4 Å². The third-order valence-corrected chi connectivity index (χ3v) is 3.33. The Morgan fingerprint density at radius 2 is 2.21 bits per heavy atom. The van der Waals surface area contributed by atoms with E-state index in [1.165, 1.54) is 0 Å². The number of ether oxygens (including phenoxy) is 2. The van der Waals surface area contributed by atoms with Gasteiger partial charge >= 0.3 is 5.97 Å². The Morgan fingerprint density at radius 1 is 1.47 bits per heavy atom. The van der Waals surface area contributed by atoms with E-state index in [2.05, 4.69) is 17.1 Å². The molecule has 0 aromatic rings. The van der Waals surface area contributed by atoms with Gasteiger partial charge in [-0.3, -0.25) is 9.69 Å². The maximum Gasteiger partial charge on any atom is 0.320 e. The SMILES string of the molecule is CCOC(=O)CN(CCOC)CC1(C)CCNC1.Cl. The number of hydrogen-bond acceptors (Lipinski definition) is 5. The number of methoxy groups -OCH3 is 1. The van der Waals surface area contributed by atoms with E-state index in [0.717, 1.165) is 32.6 Å². The van der Waals surface area contributed by atoms with Crippen LogP contribution in [-0.4, -0.2) is 63.9 Å². The molecular weight excluding hydrogens is 268 g/mol. The van der Waals surface area contributed by atoms with Gasteiger partial charge < -0.3 is 14.8 Å². The Kier molecular flexibility index (Phi) is 9.35. The van der Waals surface area contributed by atoms with E-state index in [1.807, 2.05) is 6.92 Å². The van der Waals surface area contributed by atoms with E-state index in [-0.39, 0.29) is 23.8 Å². The molecule has 1 rings (SSSR count). The summed E-state index contributed by atoms with van der Waals surface area (Å²) in [7, 11) is 1.68. The van der Waals surface area contributed by atoms with Crippen molar-refractivity contribution in [3.63, 3.8) is 0 Å². The first-order valence-electron chi connectivity index (χ1n) is 6.67. The van der Waals surface area contributed by atoms with Crippen LogP contribution in [0.5, 0.6) is 0 Å². The highest BCUT2D eigenvalue weighted by Gasteiger charge is 2.31. The molecule has 5 nitrogen and oxygen atoms in total. The lowest BCUT2D eigenvalue weighted by atomic mass is 9.89. The smallest absolute Gasteiger partial charge is 0.320 e. The Morgan fingerprint density at radius 3 is 2.74 bits per heavy atom. The zero-order valence-electron chi connectivity index (χ0n) is 12.2. The van der Waals surface area contributed by atoms with E-state index in [0.29, 0.717) is 19.8 Å². The van der Waals surface area contributed by atoms with E-state index in [9.17, 15) is 4.79 Å². The van der Waals surface area contributed by atoms with Gasteiger partial charge in [0.1, 0.15) is 0 Å². The maximum absolute atomic E-state index is 11.6. The minimum Gasteiger partial charge on any atom is -0.465 e. The van der Waals surface area contributed by atoms with Crippen LogP contribution in [0.15, 0.2) is 0 Å². The first-order chi connectivity index (χ1) is 8.59. The molecule has 19 heavy (non-hydrogen) atoms. The molecule has 1 aliphatic heterocycles. The average molecular weight is 295 g/mol. The van der Waals surface area contributed by atoms with Gasteiger partial charge in [-0.15, -0.1) is 12.4 Å². The minimum absolute atomic E-state index is 0. The highest BCUT2D eigenvalue weighted by Crippen LogP contribution is 2.25. The summed E-state index contributed by atoms with van der Waals surface area (Å²) in [5.41, 5.74) is 0.250. The van der Waals surface area contributed by atoms with Gasteiger partial charge in [-0.2, -0.15) is 0 Å². The van der Waals surface area contributed by atoms with Crippen molar-refractivity contribution in [1.82, 2.24) is 10.2 Å². The fraction of sp³-hybridized carbons (Fsp3) is 0.923. The highest BCUT2D eigenvalue weighted by atomic mass is 35.5. The number of esters is 1. The fourth-order valence-corrected chi connectivity index (χ4v) is 2.37. The van der Waals surface area contributed by atoms with Gasteiger partial charge in [0, 0.05) is 26.7 Å². The second-order valence-corrected chi connectivity index (χ2v) is 5.25. The van der Waals surface area contributed by atoms with Crippen LogP contribution in [0.3, 0.4) is 0 Å². The molecule has 1 N–H and O–H groups in total. The standard InChI is InChI=1S/C13H26N2O3.ClH/c1-4-18-12(16)9-15(7-8-17-3)11-13(2)5-6-14-10-13;/h14H,4-11H2,1-3H3;1H. The molecule has 1 atom stereocenters. The van der Waals surface area contributed by atoms with Crippen LogP contribution in [0.1, 0.15) is 20.3 Å². The molecule has 114 valence electrons. The van der Waals surface area contributed by atoms with Crippen molar-refractivity contribution in [1.29, 1.82) is 0 Å². The van der Waals surface area contributed by atoms with Gasteiger partial charge in [-0.05, 0) is 25.3 Å². The summed E-state index contributed by atoms with van der Waals surface area (Å²) in [5, 5.41) is 3.38. The number of nitrogens with zero attached hydrogens (tertiary/aromatic N) is 1. The zero-order chi connectivity index (χ0) is 13.4. The van der Waals surface area contributed by atoms with Gasteiger partial charge in [0.15, 0.2) is 0 Å². The van der Waals surface area contributed by atoms with Crippen molar-refractivity contribution >= 4 is 18.4 Å². The molecule has 0 radical (unpaired) electrons. The molecule has 1 saturated heterocycles. The van der Waals surface area contributed by atoms with Crippen LogP contribution in [0.2, 0.25) is 0 Å². The summed E-state index contributed by atoms with van der Waals surface area (Å²) in [5.74, 6) is -0.150. The minimum atomic E-state index is -0.150. The number of rotatable bonds is 8.